The number of aryl methyl sites for hydroxylation is 2. The highest BCUT2D eigenvalue weighted by Crippen LogP contribution is 2.24. The molecule has 19 heavy (non-hydrogen) atoms. The second-order valence-electron chi connectivity index (χ2n) is 4.57. The molecule has 0 aromatic carbocycles. The largest absolute Gasteiger partial charge is 0.360 e. The highest BCUT2D eigenvalue weighted by atomic mass is 32.1. The number of carbonyl (C=O) groups is 1. The third-order valence-corrected chi connectivity index (χ3v) is 3.92. The molecule has 2 heterocycles. The van der Waals surface area contributed by atoms with Gasteiger partial charge in [-0.1, -0.05) is 22.9 Å². The Bertz CT molecular complexity index is 605. The van der Waals surface area contributed by atoms with E-state index in [1.807, 2.05) is 6.92 Å². The van der Waals surface area contributed by atoms with Crippen LogP contribution < -0.4 is 5.32 Å². The van der Waals surface area contributed by atoms with Crippen molar-refractivity contribution in [3.8, 4) is 0 Å². The van der Waals surface area contributed by atoms with Crippen molar-refractivity contribution in [3.63, 3.8) is 0 Å². The van der Waals surface area contributed by atoms with Gasteiger partial charge in [0.2, 0.25) is 5.13 Å². The van der Waals surface area contributed by atoms with Gasteiger partial charge in [0.25, 0.3) is 5.91 Å². The molecule has 0 saturated heterocycles. The van der Waals surface area contributed by atoms with Crippen LogP contribution in [0.25, 0.3) is 0 Å². The van der Waals surface area contributed by atoms with E-state index in [1.165, 1.54) is 17.8 Å². The zero-order valence-corrected chi connectivity index (χ0v) is 11.4. The Kier molecular flexibility index (Phi) is 3.29. The van der Waals surface area contributed by atoms with Crippen molar-refractivity contribution in [3.05, 3.63) is 22.0 Å². The molecule has 2 aromatic heterocycles. The number of aromatic nitrogens is 3. The first kappa shape index (κ1) is 12.3. The van der Waals surface area contributed by atoms with Gasteiger partial charge < -0.3 is 4.52 Å². The first-order valence-corrected chi connectivity index (χ1v) is 7.14. The molecule has 1 aliphatic carbocycles. The van der Waals surface area contributed by atoms with Gasteiger partial charge in [0.05, 0.1) is 0 Å². The number of rotatable bonds is 2. The first-order valence-electron chi connectivity index (χ1n) is 6.33. The van der Waals surface area contributed by atoms with Gasteiger partial charge in [0.15, 0.2) is 5.69 Å². The molecule has 0 unspecified atom stereocenters. The van der Waals surface area contributed by atoms with Crippen LogP contribution in [0.5, 0.6) is 0 Å². The molecule has 0 radical (unpaired) electrons. The van der Waals surface area contributed by atoms with E-state index < -0.39 is 0 Å². The highest BCUT2D eigenvalue weighted by Gasteiger charge is 2.23. The van der Waals surface area contributed by atoms with Crippen LogP contribution in [0.4, 0.5) is 5.13 Å². The highest BCUT2D eigenvalue weighted by molar-refractivity contribution is 7.15. The van der Waals surface area contributed by atoms with Gasteiger partial charge in [-0.3, -0.25) is 10.1 Å². The van der Waals surface area contributed by atoms with Gasteiger partial charge in [-0.15, -0.1) is 10.2 Å². The summed E-state index contributed by atoms with van der Waals surface area (Å²) in [5, 5.41) is 15.7. The lowest BCUT2D eigenvalue weighted by molar-refractivity contribution is 0.101. The SMILES string of the molecule is Cc1nnc(NC(=O)c2noc3c2CCCCC3)s1. The summed E-state index contributed by atoms with van der Waals surface area (Å²) in [6, 6.07) is 0. The second kappa shape index (κ2) is 5.08. The third kappa shape index (κ3) is 2.51. The average Bonchev–Trinajstić information content (AvgIpc) is 2.90. The maximum Gasteiger partial charge on any atom is 0.279 e. The standard InChI is InChI=1S/C12H14N4O2S/c1-7-14-15-12(19-7)13-11(17)10-8-5-3-2-4-6-9(8)18-16-10/h2-6H2,1H3,(H,13,15,17). The molecule has 1 amide bonds. The lowest BCUT2D eigenvalue weighted by Gasteiger charge is -2.00. The maximum absolute atomic E-state index is 12.2. The van der Waals surface area contributed by atoms with E-state index in [0.29, 0.717) is 10.8 Å². The van der Waals surface area contributed by atoms with Crippen LogP contribution in [0.1, 0.15) is 46.1 Å². The molecule has 3 rings (SSSR count). The van der Waals surface area contributed by atoms with E-state index in [2.05, 4.69) is 20.7 Å². The van der Waals surface area contributed by atoms with Crippen LogP contribution in [-0.2, 0) is 12.8 Å². The number of anilines is 1. The molecule has 7 heteroatoms. The lowest BCUT2D eigenvalue weighted by atomic mass is 10.1. The van der Waals surface area contributed by atoms with E-state index in [1.54, 1.807) is 0 Å². The smallest absolute Gasteiger partial charge is 0.279 e. The predicted molar refractivity (Wildman–Crippen MR) is 70.4 cm³/mol. The summed E-state index contributed by atoms with van der Waals surface area (Å²) < 4.78 is 5.29. The molecule has 0 atom stereocenters. The summed E-state index contributed by atoms with van der Waals surface area (Å²) in [7, 11) is 0. The summed E-state index contributed by atoms with van der Waals surface area (Å²) in [6.07, 6.45) is 5.07. The molecule has 0 spiro atoms. The molecule has 100 valence electrons. The Morgan fingerprint density at radius 1 is 1.26 bits per heavy atom. The van der Waals surface area contributed by atoms with Crippen molar-refractivity contribution in [2.45, 2.75) is 39.0 Å². The minimum atomic E-state index is -0.261. The number of hydrogen-bond acceptors (Lipinski definition) is 6. The normalized spacial score (nSPS) is 14.8. The van der Waals surface area contributed by atoms with E-state index in [9.17, 15) is 4.79 Å². The van der Waals surface area contributed by atoms with Gasteiger partial charge in [-0.25, -0.2) is 0 Å². The number of carbonyl (C=O) groups excluding carboxylic acids is 1. The van der Waals surface area contributed by atoms with Crippen LogP contribution in [0, 0.1) is 6.92 Å². The van der Waals surface area contributed by atoms with Crippen molar-refractivity contribution in [2.24, 2.45) is 0 Å². The fourth-order valence-corrected chi connectivity index (χ4v) is 2.83. The molecule has 2 aromatic rings. The summed E-state index contributed by atoms with van der Waals surface area (Å²) >= 11 is 1.34. The molecule has 0 aliphatic heterocycles. The molecule has 0 fully saturated rings. The average molecular weight is 278 g/mol. The molecule has 1 N–H and O–H groups in total. The number of hydrogen-bond donors (Lipinski definition) is 1. The van der Waals surface area contributed by atoms with Crippen LogP contribution in [0.2, 0.25) is 0 Å². The number of amides is 1. The maximum atomic E-state index is 12.2. The fourth-order valence-electron chi connectivity index (χ4n) is 2.24. The van der Waals surface area contributed by atoms with Gasteiger partial charge in [0.1, 0.15) is 10.8 Å². The summed E-state index contributed by atoms with van der Waals surface area (Å²) in [5.41, 5.74) is 1.35. The Hall–Kier alpha value is -1.76. The van der Waals surface area contributed by atoms with Crippen LogP contribution in [0.3, 0.4) is 0 Å². The Balaban J connectivity index is 1.82. The Morgan fingerprint density at radius 2 is 2.11 bits per heavy atom. The summed E-state index contributed by atoms with van der Waals surface area (Å²) in [6.45, 7) is 1.84. The Morgan fingerprint density at radius 3 is 2.89 bits per heavy atom. The number of nitrogens with one attached hydrogen (secondary N) is 1. The molecule has 1 aliphatic rings. The molecule has 6 nitrogen and oxygen atoms in total. The van der Waals surface area contributed by atoms with Crippen LogP contribution in [0.15, 0.2) is 4.52 Å². The van der Waals surface area contributed by atoms with Gasteiger partial charge >= 0.3 is 0 Å². The molecule has 0 saturated carbocycles. The number of nitrogens with zero attached hydrogens (tertiary/aromatic N) is 3. The zero-order chi connectivity index (χ0) is 13.2. The minimum absolute atomic E-state index is 0.261. The fraction of sp³-hybridized carbons (Fsp3) is 0.500. The van der Waals surface area contributed by atoms with Crippen LogP contribution in [-0.4, -0.2) is 21.3 Å². The van der Waals surface area contributed by atoms with Crippen molar-refractivity contribution >= 4 is 22.4 Å². The van der Waals surface area contributed by atoms with Crippen molar-refractivity contribution in [1.82, 2.24) is 15.4 Å². The topological polar surface area (TPSA) is 80.9 Å². The lowest BCUT2D eigenvalue weighted by Crippen LogP contribution is -2.14. The molecular weight excluding hydrogens is 264 g/mol. The first-order chi connectivity index (χ1) is 9.24. The minimum Gasteiger partial charge on any atom is -0.360 e. The second-order valence-corrected chi connectivity index (χ2v) is 5.76. The van der Waals surface area contributed by atoms with E-state index in [4.69, 9.17) is 4.52 Å². The molecule has 0 bridgehead atoms. The zero-order valence-electron chi connectivity index (χ0n) is 10.6. The number of fused-ring (bicyclic) bond motifs is 1. The van der Waals surface area contributed by atoms with Crippen molar-refractivity contribution in [1.29, 1.82) is 0 Å². The van der Waals surface area contributed by atoms with E-state index in [0.717, 1.165) is 42.0 Å². The molecular formula is C12H14N4O2S. The van der Waals surface area contributed by atoms with Crippen molar-refractivity contribution < 1.29 is 9.32 Å². The van der Waals surface area contributed by atoms with E-state index >= 15 is 0 Å². The predicted octanol–water partition coefficient (Wildman–Crippen LogP) is 2.36. The van der Waals surface area contributed by atoms with Gasteiger partial charge in [-0.2, -0.15) is 0 Å². The quantitative estimate of drug-likeness (QED) is 0.853. The summed E-state index contributed by atoms with van der Waals surface area (Å²) in [5.74, 6) is 0.596. The van der Waals surface area contributed by atoms with Gasteiger partial charge in [0, 0.05) is 12.0 Å². The third-order valence-electron chi connectivity index (χ3n) is 3.16. The van der Waals surface area contributed by atoms with Crippen LogP contribution >= 0.6 is 11.3 Å². The van der Waals surface area contributed by atoms with E-state index in [-0.39, 0.29) is 5.91 Å². The Labute approximate surface area is 114 Å². The summed E-state index contributed by atoms with van der Waals surface area (Å²) in [4.78, 5) is 12.2. The van der Waals surface area contributed by atoms with Gasteiger partial charge in [-0.05, 0) is 26.2 Å². The monoisotopic (exact) mass is 278 g/mol. The van der Waals surface area contributed by atoms with Crippen molar-refractivity contribution in [2.75, 3.05) is 5.32 Å².